The van der Waals surface area contributed by atoms with Crippen molar-refractivity contribution in [1.82, 2.24) is 4.57 Å². The third kappa shape index (κ3) is 3.03. The molecule has 0 aliphatic rings. The summed E-state index contributed by atoms with van der Waals surface area (Å²) in [5, 5.41) is 12.5. The molecule has 140 valence electrons. The number of carbonyl (C=O) groups excluding carboxylic acids is 1. The Morgan fingerprint density at radius 1 is 0.964 bits per heavy atom. The van der Waals surface area contributed by atoms with E-state index in [0.717, 1.165) is 28.4 Å². The molecule has 0 bridgehead atoms. The molecule has 0 saturated carbocycles. The lowest BCUT2D eigenvalue weighted by atomic mass is 10.0. The molecule has 0 radical (unpaired) electrons. The molecule has 1 heterocycles. The Bertz CT molecular complexity index is 1220. The van der Waals surface area contributed by atoms with Gasteiger partial charge in [0.05, 0.1) is 7.11 Å². The lowest BCUT2D eigenvalue weighted by molar-refractivity contribution is 0.104. The Hall–Kier alpha value is -3.53. The van der Waals surface area contributed by atoms with E-state index in [1.165, 1.54) is 6.08 Å². The highest BCUT2D eigenvalue weighted by molar-refractivity contribution is 6.14. The maximum atomic E-state index is 12.8. The van der Waals surface area contributed by atoms with Gasteiger partial charge < -0.3 is 14.4 Å². The first-order chi connectivity index (χ1) is 13.6. The standard InChI is InChI=1S/C24H21NO3/c1-3-25-21-10-5-4-9-19(21)20-14-17(11-12-22(20)25)24(27)15-23(26)16-7-6-8-18(13-16)28-2/h4-15,26H,3H2,1-2H3. The Morgan fingerprint density at radius 2 is 1.75 bits per heavy atom. The maximum absolute atomic E-state index is 12.8. The van der Waals surface area contributed by atoms with Crippen LogP contribution >= 0.6 is 0 Å². The fourth-order valence-electron chi connectivity index (χ4n) is 3.62. The molecule has 0 fully saturated rings. The number of hydrogen-bond donors (Lipinski definition) is 1. The summed E-state index contributed by atoms with van der Waals surface area (Å²) >= 11 is 0. The van der Waals surface area contributed by atoms with Gasteiger partial charge in [0.1, 0.15) is 11.5 Å². The van der Waals surface area contributed by atoms with Crippen LogP contribution in [-0.2, 0) is 6.54 Å². The third-order valence-corrected chi connectivity index (χ3v) is 5.01. The van der Waals surface area contributed by atoms with Crippen molar-refractivity contribution in [2.24, 2.45) is 0 Å². The fraction of sp³-hybridized carbons (Fsp3) is 0.125. The number of ketones is 1. The van der Waals surface area contributed by atoms with Crippen molar-refractivity contribution < 1.29 is 14.6 Å². The molecule has 1 N–H and O–H groups in total. The monoisotopic (exact) mass is 371 g/mol. The van der Waals surface area contributed by atoms with Crippen molar-refractivity contribution in [3.05, 3.63) is 83.9 Å². The fourth-order valence-corrected chi connectivity index (χ4v) is 3.62. The number of aliphatic hydroxyl groups excluding tert-OH is 1. The summed E-state index contributed by atoms with van der Waals surface area (Å²) in [4.78, 5) is 12.8. The van der Waals surface area contributed by atoms with Crippen LogP contribution in [0.5, 0.6) is 5.75 Å². The van der Waals surface area contributed by atoms with Crippen molar-refractivity contribution in [2.45, 2.75) is 13.5 Å². The van der Waals surface area contributed by atoms with Crippen molar-refractivity contribution in [1.29, 1.82) is 0 Å². The lowest BCUT2D eigenvalue weighted by Crippen LogP contribution is -1.98. The van der Waals surface area contributed by atoms with E-state index in [9.17, 15) is 9.90 Å². The highest BCUT2D eigenvalue weighted by Gasteiger charge is 2.13. The zero-order valence-electron chi connectivity index (χ0n) is 15.8. The summed E-state index contributed by atoms with van der Waals surface area (Å²) in [5.41, 5.74) is 3.33. The summed E-state index contributed by atoms with van der Waals surface area (Å²) < 4.78 is 7.41. The van der Waals surface area contributed by atoms with Crippen LogP contribution in [0.15, 0.2) is 72.8 Å². The smallest absolute Gasteiger partial charge is 0.189 e. The molecule has 28 heavy (non-hydrogen) atoms. The quantitative estimate of drug-likeness (QED) is 0.282. The van der Waals surface area contributed by atoms with Crippen LogP contribution in [0, 0.1) is 0 Å². The van der Waals surface area contributed by atoms with Gasteiger partial charge in [-0.2, -0.15) is 0 Å². The first-order valence-corrected chi connectivity index (χ1v) is 9.22. The first kappa shape index (κ1) is 17.9. The summed E-state index contributed by atoms with van der Waals surface area (Å²) in [6, 6.07) is 20.9. The van der Waals surface area contributed by atoms with Crippen LogP contribution in [0.25, 0.3) is 27.6 Å². The van der Waals surface area contributed by atoms with Gasteiger partial charge in [-0.15, -0.1) is 0 Å². The van der Waals surface area contributed by atoms with Crippen LogP contribution in [0.1, 0.15) is 22.8 Å². The van der Waals surface area contributed by atoms with Gasteiger partial charge in [0.15, 0.2) is 5.78 Å². The Kier molecular flexibility index (Phi) is 4.62. The Balaban J connectivity index is 1.76. The van der Waals surface area contributed by atoms with E-state index >= 15 is 0 Å². The largest absolute Gasteiger partial charge is 0.507 e. The number of aliphatic hydroxyl groups is 1. The van der Waals surface area contributed by atoms with Gasteiger partial charge >= 0.3 is 0 Å². The predicted octanol–water partition coefficient (Wildman–Crippen LogP) is 5.60. The molecule has 0 spiro atoms. The van der Waals surface area contributed by atoms with Gasteiger partial charge in [-0.05, 0) is 43.3 Å². The summed E-state index contributed by atoms with van der Waals surface area (Å²) in [5.74, 6) is 0.300. The molecule has 0 atom stereocenters. The molecule has 0 unspecified atom stereocenters. The minimum absolute atomic E-state index is 0.0833. The second-order valence-electron chi connectivity index (χ2n) is 6.62. The number of fused-ring (bicyclic) bond motifs is 3. The topological polar surface area (TPSA) is 51.5 Å². The van der Waals surface area contributed by atoms with Gasteiger partial charge in [0.25, 0.3) is 0 Å². The second kappa shape index (κ2) is 7.24. The van der Waals surface area contributed by atoms with Crippen LogP contribution in [0.3, 0.4) is 0 Å². The average Bonchev–Trinajstić information content (AvgIpc) is 3.06. The van der Waals surface area contributed by atoms with Gasteiger partial charge in [-0.1, -0.05) is 30.3 Å². The molecule has 4 rings (SSSR count). The minimum Gasteiger partial charge on any atom is -0.507 e. The van der Waals surface area contributed by atoms with Gasteiger partial charge in [-0.25, -0.2) is 0 Å². The molecule has 4 aromatic rings. The maximum Gasteiger partial charge on any atom is 0.189 e. The van der Waals surface area contributed by atoms with Gasteiger partial charge in [0.2, 0.25) is 0 Å². The number of para-hydroxylation sites is 1. The molecule has 0 aliphatic heterocycles. The lowest BCUT2D eigenvalue weighted by Gasteiger charge is -2.05. The molecule has 4 nitrogen and oxygen atoms in total. The SMILES string of the molecule is CCn1c2ccccc2c2cc(C(=O)C=C(O)c3cccc(OC)c3)ccc21. The number of carbonyl (C=O) groups is 1. The molecule has 0 saturated heterocycles. The van der Waals surface area contributed by atoms with E-state index in [4.69, 9.17) is 4.74 Å². The van der Waals surface area contributed by atoms with Crippen LogP contribution in [0.2, 0.25) is 0 Å². The van der Waals surface area contributed by atoms with E-state index in [1.807, 2.05) is 30.3 Å². The molecular weight excluding hydrogens is 350 g/mol. The number of aromatic nitrogens is 1. The van der Waals surface area contributed by atoms with Gasteiger partial charge in [0, 0.05) is 45.6 Å². The first-order valence-electron chi connectivity index (χ1n) is 9.22. The van der Waals surface area contributed by atoms with Crippen molar-refractivity contribution >= 4 is 33.3 Å². The van der Waals surface area contributed by atoms with Crippen molar-refractivity contribution in [3.8, 4) is 5.75 Å². The second-order valence-corrected chi connectivity index (χ2v) is 6.62. The number of benzene rings is 3. The summed E-state index contributed by atoms with van der Waals surface area (Å²) in [6.45, 7) is 2.97. The molecule has 1 aromatic heterocycles. The third-order valence-electron chi connectivity index (χ3n) is 5.01. The van der Waals surface area contributed by atoms with Crippen LogP contribution in [0.4, 0.5) is 0 Å². The van der Waals surface area contributed by atoms with Crippen LogP contribution in [-0.4, -0.2) is 22.6 Å². The van der Waals surface area contributed by atoms with Crippen molar-refractivity contribution in [3.63, 3.8) is 0 Å². The van der Waals surface area contributed by atoms with Crippen LogP contribution < -0.4 is 4.74 Å². The van der Waals surface area contributed by atoms with E-state index in [2.05, 4.69) is 23.6 Å². The zero-order valence-corrected chi connectivity index (χ0v) is 15.8. The molecule has 0 aliphatic carbocycles. The van der Waals surface area contributed by atoms with Crippen molar-refractivity contribution in [2.75, 3.05) is 7.11 Å². The van der Waals surface area contributed by atoms with E-state index in [0.29, 0.717) is 16.9 Å². The number of nitrogens with zero attached hydrogens (tertiary/aromatic N) is 1. The van der Waals surface area contributed by atoms with Gasteiger partial charge in [-0.3, -0.25) is 4.79 Å². The predicted molar refractivity (Wildman–Crippen MR) is 113 cm³/mol. The zero-order chi connectivity index (χ0) is 19.7. The molecular formula is C24H21NO3. The summed E-state index contributed by atoms with van der Waals surface area (Å²) in [6.07, 6.45) is 1.26. The number of rotatable bonds is 5. The molecule has 3 aromatic carbocycles. The molecule has 0 amide bonds. The number of allylic oxidation sites excluding steroid dienone is 1. The number of methoxy groups -OCH3 is 1. The van der Waals surface area contributed by atoms with E-state index in [1.54, 1.807) is 31.4 Å². The molecule has 4 heteroatoms. The number of hydrogen-bond acceptors (Lipinski definition) is 3. The average molecular weight is 371 g/mol. The highest BCUT2D eigenvalue weighted by Crippen LogP contribution is 2.30. The van der Waals surface area contributed by atoms with E-state index < -0.39 is 0 Å². The Morgan fingerprint density at radius 3 is 2.54 bits per heavy atom. The number of ether oxygens (including phenoxy) is 1. The Labute approximate surface area is 163 Å². The normalized spacial score (nSPS) is 11.9. The minimum atomic E-state index is -0.240. The number of aryl methyl sites for hydroxylation is 1. The van der Waals surface area contributed by atoms with E-state index in [-0.39, 0.29) is 11.5 Å². The highest BCUT2D eigenvalue weighted by atomic mass is 16.5. The summed E-state index contributed by atoms with van der Waals surface area (Å²) in [7, 11) is 1.56.